The maximum atomic E-state index is 12.2. The first-order chi connectivity index (χ1) is 10.1. The number of halogens is 1. The summed E-state index contributed by atoms with van der Waals surface area (Å²) in [6.45, 7) is 2.31. The van der Waals surface area contributed by atoms with Crippen LogP contribution >= 0.6 is 11.6 Å². The quantitative estimate of drug-likeness (QED) is 0.792. The van der Waals surface area contributed by atoms with E-state index in [0.29, 0.717) is 12.2 Å². The van der Waals surface area contributed by atoms with Crippen molar-refractivity contribution in [2.45, 2.75) is 13.5 Å². The Kier molecular flexibility index (Phi) is 3.34. The molecule has 1 N–H and O–H groups in total. The number of nitrogens with zero attached hydrogens (tertiary/aromatic N) is 5. The van der Waals surface area contributed by atoms with E-state index in [1.807, 2.05) is 14.0 Å². The highest BCUT2D eigenvalue weighted by Crippen LogP contribution is 2.19. The largest absolute Gasteiger partial charge is 0.346 e. The van der Waals surface area contributed by atoms with E-state index in [0.717, 1.165) is 11.3 Å². The van der Waals surface area contributed by atoms with E-state index < -0.39 is 0 Å². The number of aryl methyl sites for hydroxylation is 1. The number of amides is 1. The molecule has 3 heterocycles. The smallest absolute Gasteiger partial charge is 0.273 e. The van der Waals surface area contributed by atoms with Gasteiger partial charge >= 0.3 is 0 Å². The zero-order valence-corrected chi connectivity index (χ0v) is 12.3. The Morgan fingerprint density at radius 2 is 2.29 bits per heavy atom. The monoisotopic (exact) mass is 304 g/mol. The summed E-state index contributed by atoms with van der Waals surface area (Å²) in [5.41, 5.74) is 2.57. The van der Waals surface area contributed by atoms with Gasteiger partial charge in [0.05, 0.1) is 6.20 Å². The predicted molar refractivity (Wildman–Crippen MR) is 77.1 cm³/mol. The van der Waals surface area contributed by atoms with Gasteiger partial charge < -0.3 is 5.32 Å². The van der Waals surface area contributed by atoms with E-state index >= 15 is 0 Å². The van der Waals surface area contributed by atoms with Crippen molar-refractivity contribution in [1.29, 1.82) is 0 Å². The molecule has 0 saturated heterocycles. The molecule has 3 aromatic rings. The third-order valence-corrected chi connectivity index (χ3v) is 3.68. The molecule has 0 radical (unpaired) electrons. The lowest BCUT2D eigenvalue weighted by molar-refractivity contribution is 0.0945. The number of carbonyl (C=O) groups excluding carboxylic acids is 1. The van der Waals surface area contributed by atoms with Crippen LogP contribution in [-0.4, -0.2) is 30.3 Å². The van der Waals surface area contributed by atoms with Gasteiger partial charge in [-0.05, 0) is 13.0 Å². The lowest BCUT2D eigenvalue weighted by atomic mass is 10.2. The SMILES string of the molecule is Cc1c(CNC(=O)c2nn3cccnc3c2Cl)cnn1C. The molecule has 0 unspecified atom stereocenters. The molecule has 0 fully saturated rings. The van der Waals surface area contributed by atoms with Gasteiger partial charge in [0.1, 0.15) is 5.02 Å². The zero-order chi connectivity index (χ0) is 15.0. The van der Waals surface area contributed by atoms with Crippen molar-refractivity contribution >= 4 is 23.2 Å². The summed E-state index contributed by atoms with van der Waals surface area (Å²) in [5.74, 6) is -0.339. The lowest BCUT2D eigenvalue weighted by Crippen LogP contribution is -2.23. The van der Waals surface area contributed by atoms with Crippen LogP contribution in [0.15, 0.2) is 24.7 Å². The van der Waals surface area contributed by atoms with Crippen molar-refractivity contribution in [2.24, 2.45) is 7.05 Å². The molecule has 0 aliphatic carbocycles. The minimum absolute atomic E-state index is 0.164. The minimum atomic E-state index is -0.339. The fourth-order valence-electron chi connectivity index (χ4n) is 1.98. The van der Waals surface area contributed by atoms with Gasteiger partial charge in [-0.2, -0.15) is 10.2 Å². The molecule has 0 spiro atoms. The van der Waals surface area contributed by atoms with Gasteiger partial charge in [0.15, 0.2) is 11.3 Å². The van der Waals surface area contributed by atoms with Crippen molar-refractivity contribution in [3.05, 3.63) is 46.6 Å². The summed E-state index contributed by atoms with van der Waals surface area (Å²) in [7, 11) is 1.85. The van der Waals surface area contributed by atoms with Crippen molar-refractivity contribution in [2.75, 3.05) is 0 Å². The van der Waals surface area contributed by atoms with Gasteiger partial charge in [-0.1, -0.05) is 11.6 Å². The second-order valence-electron chi connectivity index (χ2n) is 4.61. The van der Waals surface area contributed by atoms with Crippen LogP contribution in [0.4, 0.5) is 0 Å². The number of hydrogen-bond donors (Lipinski definition) is 1. The van der Waals surface area contributed by atoms with E-state index in [4.69, 9.17) is 11.6 Å². The summed E-state index contributed by atoms with van der Waals surface area (Å²) in [6.07, 6.45) is 5.02. The normalized spacial score (nSPS) is 11.0. The van der Waals surface area contributed by atoms with Crippen LogP contribution in [0.2, 0.25) is 5.02 Å². The van der Waals surface area contributed by atoms with E-state index in [-0.39, 0.29) is 16.6 Å². The standard InChI is InChI=1S/C13H13ClN6O/c1-8-9(7-17-19(8)2)6-16-13(21)11-10(14)12-15-4-3-5-20(12)18-11/h3-5,7H,6H2,1-2H3,(H,16,21). The van der Waals surface area contributed by atoms with Gasteiger partial charge in [0.2, 0.25) is 0 Å². The van der Waals surface area contributed by atoms with Crippen molar-refractivity contribution in [3.63, 3.8) is 0 Å². The third-order valence-electron chi connectivity index (χ3n) is 3.33. The van der Waals surface area contributed by atoms with Crippen molar-refractivity contribution < 1.29 is 4.79 Å². The van der Waals surface area contributed by atoms with E-state index in [2.05, 4.69) is 20.5 Å². The van der Waals surface area contributed by atoms with E-state index in [1.165, 1.54) is 4.52 Å². The third kappa shape index (κ3) is 2.36. The molecule has 0 aliphatic heterocycles. The summed E-state index contributed by atoms with van der Waals surface area (Å²) in [4.78, 5) is 16.3. The first kappa shape index (κ1) is 13.6. The van der Waals surface area contributed by atoms with Crippen LogP contribution in [0.1, 0.15) is 21.7 Å². The maximum Gasteiger partial charge on any atom is 0.273 e. The van der Waals surface area contributed by atoms with Gasteiger partial charge in [0.25, 0.3) is 5.91 Å². The molecule has 3 rings (SSSR count). The Bertz CT molecular complexity index is 821. The maximum absolute atomic E-state index is 12.2. The Labute approximate surface area is 125 Å². The highest BCUT2D eigenvalue weighted by Gasteiger charge is 2.18. The predicted octanol–water partition coefficient (Wildman–Crippen LogP) is 1.35. The lowest BCUT2D eigenvalue weighted by Gasteiger charge is -2.03. The summed E-state index contributed by atoms with van der Waals surface area (Å²) in [5, 5.41) is 11.3. The van der Waals surface area contributed by atoms with Crippen molar-refractivity contribution in [1.82, 2.24) is 29.7 Å². The molecule has 7 nitrogen and oxygen atoms in total. The fourth-order valence-corrected chi connectivity index (χ4v) is 2.24. The van der Waals surface area contributed by atoms with E-state index in [1.54, 1.807) is 29.3 Å². The molecule has 0 saturated carbocycles. The van der Waals surface area contributed by atoms with Crippen molar-refractivity contribution in [3.8, 4) is 0 Å². The average molecular weight is 305 g/mol. The Hall–Kier alpha value is -2.41. The number of fused-ring (bicyclic) bond motifs is 1. The Balaban J connectivity index is 1.81. The Morgan fingerprint density at radius 1 is 1.48 bits per heavy atom. The second-order valence-corrected chi connectivity index (χ2v) is 4.99. The van der Waals surface area contributed by atoms with Crippen LogP contribution < -0.4 is 5.32 Å². The molecule has 21 heavy (non-hydrogen) atoms. The molecular formula is C13H13ClN6O. The molecular weight excluding hydrogens is 292 g/mol. The van der Waals surface area contributed by atoms with Gasteiger partial charge in [0, 0.05) is 37.2 Å². The average Bonchev–Trinajstić information content (AvgIpc) is 2.99. The second kappa shape index (κ2) is 5.17. The molecule has 0 atom stereocenters. The van der Waals surface area contributed by atoms with Crippen LogP contribution in [0.5, 0.6) is 0 Å². The molecule has 3 aromatic heterocycles. The topological polar surface area (TPSA) is 77.1 Å². The number of aromatic nitrogens is 5. The fraction of sp³-hybridized carbons (Fsp3) is 0.231. The van der Waals surface area contributed by atoms with Crippen LogP contribution in [0.3, 0.4) is 0 Å². The molecule has 8 heteroatoms. The van der Waals surface area contributed by atoms with Crippen LogP contribution in [-0.2, 0) is 13.6 Å². The highest BCUT2D eigenvalue weighted by atomic mass is 35.5. The number of nitrogens with one attached hydrogen (secondary N) is 1. The highest BCUT2D eigenvalue weighted by molar-refractivity contribution is 6.36. The number of hydrogen-bond acceptors (Lipinski definition) is 4. The molecule has 0 aliphatic rings. The first-order valence-corrected chi connectivity index (χ1v) is 6.70. The summed E-state index contributed by atoms with van der Waals surface area (Å²) < 4.78 is 3.23. The van der Waals surface area contributed by atoms with Crippen LogP contribution in [0.25, 0.3) is 5.65 Å². The zero-order valence-electron chi connectivity index (χ0n) is 11.5. The Morgan fingerprint density at radius 3 is 2.95 bits per heavy atom. The van der Waals surface area contributed by atoms with Gasteiger partial charge in [-0.3, -0.25) is 9.48 Å². The first-order valence-electron chi connectivity index (χ1n) is 6.32. The molecule has 0 bridgehead atoms. The van der Waals surface area contributed by atoms with E-state index in [9.17, 15) is 4.79 Å². The van der Waals surface area contributed by atoms with Gasteiger partial charge in [-0.25, -0.2) is 9.50 Å². The molecule has 1 amide bonds. The number of rotatable bonds is 3. The molecule has 108 valence electrons. The summed E-state index contributed by atoms with van der Waals surface area (Å²) in [6, 6.07) is 1.72. The number of carbonyl (C=O) groups is 1. The van der Waals surface area contributed by atoms with Crippen LogP contribution in [0, 0.1) is 6.92 Å². The summed E-state index contributed by atoms with van der Waals surface area (Å²) >= 11 is 6.15. The van der Waals surface area contributed by atoms with Gasteiger partial charge in [-0.15, -0.1) is 0 Å². The minimum Gasteiger partial charge on any atom is -0.346 e. The molecule has 0 aromatic carbocycles.